The van der Waals surface area contributed by atoms with Crippen molar-refractivity contribution >= 4 is 0 Å². The summed E-state index contributed by atoms with van der Waals surface area (Å²) in [7, 11) is 0. The molecule has 6 rings (SSSR count). The molecular formula is C46H50IrN3-. The predicted molar refractivity (Wildman–Crippen MR) is 206 cm³/mol. The number of rotatable bonds is 7. The van der Waals surface area contributed by atoms with Crippen molar-refractivity contribution in [1.82, 2.24) is 14.8 Å². The zero-order valence-corrected chi connectivity index (χ0v) is 33.6. The fourth-order valence-electron chi connectivity index (χ4n) is 6.76. The summed E-state index contributed by atoms with van der Waals surface area (Å²) >= 11 is 0. The fourth-order valence-corrected chi connectivity index (χ4v) is 6.76. The van der Waals surface area contributed by atoms with Crippen molar-refractivity contribution in [3.63, 3.8) is 0 Å². The molecule has 0 aliphatic carbocycles. The van der Waals surface area contributed by atoms with Gasteiger partial charge in [0.05, 0.1) is 5.82 Å². The molecule has 0 fully saturated rings. The van der Waals surface area contributed by atoms with Gasteiger partial charge >= 0.3 is 0 Å². The molecule has 0 unspecified atom stereocenters. The van der Waals surface area contributed by atoms with Gasteiger partial charge in [0.2, 0.25) is 0 Å². The zero-order valence-electron chi connectivity index (χ0n) is 31.2. The first-order valence-corrected chi connectivity index (χ1v) is 17.4. The van der Waals surface area contributed by atoms with Crippen molar-refractivity contribution in [1.29, 1.82) is 0 Å². The Morgan fingerprint density at radius 2 is 1.02 bits per heavy atom. The molecule has 1 radical (unpaired) electrons. The third-order valence-corrected chi connectivity index (χ3v) is 10.1. The second-order valence-electron chi connectivity index (χ2n) is 16.5. The van der Waals surface area contributed by atoms with Crippen LogP contribution in [0.25, 0.3) is 28.2 Å². The molecule has 5 aromatic carbocycles. The Bertz CT molecular complexity index is 2040. The van der Waals surface area contributed by atoms with Crippen molar-refractivity contribution in [2.75, 3.05) is 0 Å². The number of benzene rings is 5. The molecule has 0 N–H and O–H groups in total. The van der Waals surface area contributed by atoms with Gasteiger partial charge < -0.3 is 4.57 Å². The largest absolute Gasteiger partial charge is 0.319 e. The molecule has 4 heteroatoms. The van der Waals surface area contributed by atoms with Gasteiger partial charge in [-0.05, 0) is 56.3 Å². The maximum absolute atomic E-state index is 4.82. The van der Waals surface area contributed by atoms with E-state index in [1.807, 2.05) is 0 Å². The van der Waals surface area contributed by atoms with Crippen molar-refractivity contribution in [2.45, 2.75) is 90.9 Å². The predicted octanol–water partition coefficient (Wildman–Crippen LogP) is 11.6. The van der Waals surface area contributed by atoms with Crippen LogP contribution in [0.2, 0.25) is 0 Å². The van der Waals surface area contributed by atoms with Gasteiger partial charge in [-0.25, -0.2) is 0 Å². The molecule has 1 aromatic heterocycles. The van der Waals surface area contributed by atoms with E-state index in [4.69, 9.17) is 10.2 Å². The molecule has 0 spiro atoms. The van der Waals surface area contributed by atoms with Gasteiger partial charge in [-0.2, -0.15) is 5.10 Å². The number of aromatic nitrogens is 3. The van der Waals surface area contributed by atoms with Crippen LogP contribution < -0.4 is 0 Å². The first-order chi connectivity index (χ1) is 23.1. The Kier molecular flexibility index (Phi) is 10.3. The van der Waals surface area contributed by atoms with Crippen molar-refractivity contribution < 1.29 is 20.1 Å². The third kappa shape index (κ3) is 7.20. The van der Waals surface area contributed by atoms with Gasteiger partial charge in [0.1, 0.15) is 5.82 Å². The van der Waals surface area contributed by atoms with Crippen LogP contribution in [0, 0.1) is 6.07 Å². The fraction of sp³-hybridized carbons (Fsp3) is 0.304. The molecule has 0 atom stereocenters. The SMILES string of the molecule is CC(C)(C)c1cc(-c2ccccc2)ccc1-n1c(-c2[c-]cc(C(C)(C)c3ccc(C(C)(C)c4ccccc4)cc3)cc2)nnc1C(C)(C)C.[Ir]. The Balaban J connectivity index is 0.00000486. The zero-order chi connectivity index (χ0) is 35.2. The van der Waals surface area contributed by atoms with E-state index in [9.17, 15) is 0 Å². The van der Waals surface area contributed by atoms with Gasteiger partial charge in [0.25, 0.3) is 0 Å². The summed E-state index contributed by atoms with van der Waals surface area (Å²) in [4.78, 5) is 0. The van der Waals surface area contributed by atoms with Crippen LogP contribution in [-0.2, 0) is 41.8 Å². The summed E-state index contributed by atoms with van der Waals surface area (Å²) in [6.45, 7) is 22.6. The third-order valence-electron chi connectivity index (χ3n) is 10.1. The average Bonchev–Trinajstić information content (AvgIpc) is 3.55. The minimum atomic E-state index is -0.221. The van der Waals surface area contributed by atoms with Gasteiger partial charge in [-0.1, -0.05) is 160 Å². The first-order valence-electron chi connectivity index (χ1n) is 17.4. The molecule has 0 saturated heterocycles. The number of hydrogen-bond donors (Lipinski definition) is 0. The van der Waals surface area contributed by atoms with E-state index in [0.717, 1.165) is 22.9 Å². The summed E-state index contributed by atoms with van der Waals surface area (Å²) in [6, 6.07) is 47.4. The Morgan fingerprint density at radius 3 is 1.54 bits per heavy atom. The normalized spacial score (nSPS) is 12.4. The van der Waals surface area contributed by atoms with Crippen LogP contribution in [-0.4, -0.2) is 14.8 Å². The van der Waals surface area contributed by atoms with Gasteiger partial charge in [-0.15, -0.1) is 40.5 Å². The summed E-state index contributed by atoms with van der Waals surface area (Å²) in [6.07, 6.45) is 0. The van der Waals surface area contributed by atoms with Crippen LogP contribution in [0.5, 0.6) is 0 Å². The van der Waals surface area contributed by atoms with E-state index in [2.05, 4.69) is 201 Å². The minimum Gasteiger partial charge on any atom is -0.319 e. The monoisotopic (exact) mass is 837 g/mol. The maximum Gasteiger partial charge on any atom is 0.133 e. The summed E-state index contributed by atoms with van der Waals surface area (Å²) in [5.41, 5.74) is 10.2. The molecule has 0 aliphatic heterocycles. The molecule has 1 heterocycles. The molecule has 259 valence electrons. The van der Waals surface area contributed by atoms with Crippen molar-refractivity contribution in [3.05, 3.63) is 161 Å². The second kappa shape index (κ2) is 13.9. The van der Waals surface area contributed by atoms with Crippen LogP contribution >= 0.6 is 0 Å². The molecule has 0 amide bonds. The Hall–Kier alpha value is -4.11. The molecular weight excluding hydrogens is 787 g/mol. The van der Waals surface area contributed by atoms with E-state index in [0.29, 0.717) is 0 Å². The summed E-state index contributed by atoms with van der Waals surface area (Å²) in [5.74, 6) is 1.73. The van der Waals surface area contributed by atoms with E-state index in [1.165, 1.54) is 38.9 Å². The Morgan fingerprint density at radius 1 is 0.500 bits per heavy atom. The number of nitrogens with zero attached hydrogens (tertiary/aromatic N) is 3. The smallest absolute Gasteiger partial charge is 0.133 e. The van der Waals surface area contributed by atoms with Gasteiger partial charge in [-0.3, -0.25) is 0 Å². The van der Waals surface area contributed by atoms with E-state index >= 15 is 0 Å². The van der Waals surface area contributed by atoms with Crippen LogP contribution in [0.4, 0.5) is 0 Å². The molecule has 3 nitrogen and oxygen atoms in total. The summed E-state index contributed by atoms with van der Waals surface area (Å²) < 4.78 is 2.26. The standard InChI is InChI=1S/C46H50N3.Ir/c1-43(2,3)39-31-34(32-17-13-11-14-18-32)23-30-40(39)49-41(47-48-42(49)44(4,5)6)33-21-24-36(25-22-33)46(9,10)38-28-26-37(27-29-38)45(7,8)35-19-15-12-16-20-35;/h11-21,23-31H,1-10H3;/q-1;. The maximum atomic E-state index is 4.82. The Labute approximate surface area is 313 Å². The van der Waals surface area contributed by atoms with Crippen LogP contribution in [0.1, 0.15) is 103 Å². The van der Waals surface area contributed by atoms with E-state index in [-0.39, 0.29) is 41.8 Å². The molecule has 0 bridgehead atoms. The molecule has 6 aromatic rings. The van der Waals surface area contributed by atoms with Gasteiger partial charge in [0.15, 0.2) is 0 Å². The van der Waals surface area contributed by atoms with Gasteiger partial charge in [0, 0.05) is 36.6 Å². The minimum absolute atomic E-state index is 0. The van der Waals surface area contributed by atoms with Crippen molar-refractivity contribution in [3.8, 4) is 28.2 Å². The van der Waals surface area contributed by atoms with Crippen molar-refractivity contribution in [2.24, 2.45) is 0 Å². The van der Waals surface area contributed by atoms with E-state index < -0.39 is 0 Å². The average molecular weight is 837 g/mol. The van der Waals surface area contributed by atoms with E-state index in [1.54, 1.807) is 0 Å². The number of hydrogen-bond acceptors (Lipinski definition) is 2. The first kappa shape index (κ1) is 37.2. The molecule has 0 aliphatic rings. The second-order valence-corrected chi connectivity index (χ2v) is 16.5. The van der Waals surface area contributed by atoms with Crippen LogP contribution in [0.15, 0.2) is 121 Å². The van der Waals surface area contributed by atoms with Crippen LogP contribution in [0.3, 0.4) is 0 Å². The summed E-state index contributed by atoms with van der Waals surface area (Å²) in [5, 5.41) is 9.63. The topological polar surface area (TPSA) is 30.7 Å². The quantitative estimate of drug-likeness (QED) is 0.150. The molecule has 50 heavy (non-hydrogen) atoms. The molecule has 0 saturated carbocycles.